The lowest BCUT2D eigenvalue weighted by atomic mass is 10.0. The number of hydrogen-bond acceptors (Lipinski definition) is 4. The number of aromatic nitrogens is 2. The van der Waals surface area contributed by atoms with Crippen LogP contribution in [-0.4, -0.2) is 47.0 Å². The van der Waals surface area contributed by atoms with Gasteiger partial charge in [-0.2, -0.15) is 0 Å². The van der Waals surface area contributed by atoms with Crippen LogP contribution in [-0.2, 0) is 4.79 Å². The Morgan fingerprint density at radius 3 is 2.18 bits per heavy atom. The molecule has 2 aromatic carbocycles. The minimum Gasteiger partial charge on any atom is -0.353 e. The van der Waals surface area contributed by atoms with Crippen LogP contribution in [0.25, 0.3) is 11.4 Å². The maximum atomic E-state index is 13.1. The lowest BCUT2D eigenvalue weighted by molar-refractivity contribution is -0.133. The Kier molecular flexibility index (Phi) is 5.88. The number of aryl methyl sites for hydroxylation is 1. The fourth-order valence-electron chi connectivity index (χ4n) is 5.11. The first-order valence-electron chi connectivity index (χ1n) is 12.1. The molecule has 1 amide bonds. The minimum atomic E-state index is 0.149. The number of nitrogens with zero attached hydrogens (tertiary/aromatic N) is 4. The molecule has 1 aliphatic heterocycles. The molecule has 0 spiro atoms. The van der Waals surface area contributed by atoms with Gasteiger partial charge < -0.3 is 9.80 Å². The summed E-state index contributed by atoms with van der Waals surface area (Å²) in [5, 5.41) is 0. The molecule has 33 heavy (non-hydrogen) atoms. The topological polar surface area (TPSA) is 49.3 Å². The smallest absolute Gasteiger partial charge is 0.226 e. The van der Waals surface area contributed by atoms with Crippen molar-refractivity contribution in [3.63, 3.8) is 0 Å². The van der Waals surface area contributed by atoms with E-state index in [2.05, 4.69) is 67.0 Å². The molecule has 1 aliphatic carbocycles. The molecule has 0 N–H and O–H groups in total. The normalized spacial score (nSPS) is 20.2. The molecule has 3 aromatic rings. The van der Waals surface area contributed by atoms with Crippen molar-refractivity contribution < 1.29 is 4.79 Å². The molecule has 2 heterocycles. The van der Waals surface area contributed by atoms with Crippen LogP contribution in [0.1, 0.15) is 48.9 Å². The van der Waals surface area contributed by atoms with Gasteiger partial charge in [-0.25, -0.2) is 9.97 Å². The number of amides is 1. The SMILES string of the molecule is Cc1nc(-c2ccccc2)nc(N2CCN(C(=O)C3CC3c3ccccc3)CC2)c1C(C)C. The highest BCUT2D eigenvalue weighted by molar-refractivity contribution is 5.83. The summed E-state index contributed by atoms with van der Waals surface area (Å²) in [6.07, 6.45) is 0.978. The van der Waals surface area contributed by atoms with Gasteiger partial charge in [-0.1, -0.05) is 74.5 Å². The van der Waals surface area contributed by atoms with Gasteiger partial charge in [0.1, 0.15) is 5.82 Å². The summed E-state index contributed by atoms with van der Waals surface area (Å²) in [6, 6.07) is 20.6. The molecular formula is C28H32N4O. The predicted octanol–water partition coefficient (Wildman–Crippen LogP) is 5.03. The van der Waals surface area contributed by atoms with Crippen molar-refractivity contribution in [2.24, 2.45) is 5.92 Å². The molecule has 0 radical (unpaired) electrons. The number of carbonyl (C=O) groups excluding carboxylic acids is 1. The van der Waals surface area contributed by atoms with Gasteiger partial charge in [0.25, 0.3) is 0 Å². The van der Waals surface area contributed by atoms with E-state index in [-0.39, 0.29) is 5.92 Å². The van der Waals surface area contributed by atoms with Gasteiger partial charge >= 0.3 is 0 Å². The zero-order chi connectivity index (χ0) is 22.9. The number of rotatable bonds is 5. The molecule has 1 saturated heterocycles. The summed E-state index contributed by atoms with van der Waals surface area (Å²) in [4.78, 5) is 27.4. The van der Waals surface area contributed by atoms with Gasteiger partial charge in [0.05, 0.1) is 0 Å². The molecule has 1 aromatic heterocycles. The second-order valence-electron chi connectivity index (χ2n) is 9.56. The van der Waals surface area contributed by atoms with E-state index in [1.165, 1.54) is 11.1 Å². The van der Waals surface area contributed by atoms with Crippen LogP contribution in [0.5, 0.6) is 0 Å². The number of piperazine rings is 1. The summed E-state index contributed by atoms with van der Waals surface area (Å²) < 4.78 is 0. The lowest BCUT2D eigenvalue weighted by Gasteiger charge is -2.37. The van der Waals surface area contributed by atoms with Crippen molar-refractivity contribution in [1.29, 1.82) is 0 Å². The molecular weight excluding hydrogens is 408 g/mol. The number of benzene rings is 2. The molecule has 2 fully saturated rings. The number of carbonyl (C=O) groups is 1. The Bertz CT molecular complexity index is 1120. The maximum absolute atomic E-state index is 13.1. The van der Waals surface area contributed by atoms with Crippen molar-refractivity contribution in [1.82, 2.24) is 14.9 Å². The molecule has 2 aliphatic rings. The van der Waals surface area contributed by atoms with Crippen molar-refractivity contribution in [3.05, 3.63) is 77.5 Å². The van der Waals surface area contributed by atoms with E-state index in [4.69, 9.17) is 9.97 Å². The highest BCUT2D eigenvalue weighted by Gasteiger charge is 2.46. The second kappa shape index (κ2) is 8.97. The Hall–Kier alpha value is -3.21. The molecule has 0 bridgehead atoms. The Morgan fingerprint density at radius 2 is 1.55 bits per heavy atom. The van der Waals surface area contributed by atoms with E-state index in [1.54, 1.807) is 0 Å². The molecule has 1 saturated carbocycles. The van der Waals surface area contributed by atoms with E-state index in [0.29, 0.717) is 17.7 Å². The average Bonchev–Trinajstić information content (AvgIpc) is 3.65. The fourth-order valence-corrected chi connectivity index (χ4v) is 5.11. The second-order valence-corrected chi connectivity index (χ2v) is 9.56. The van der Waals surface area contributed by atoms with Gasteiger partial charge in [-0.05, 0) is 30.7 Å². The zero-order valence-corrected chi connectivity index (χ0v) is 19.7. The Morgan fingerprint density at radius 1 is 0.909 bits per heavy atom. The predicted molar refractivity (Wildman–Crippen MR) is 132 cm³/mol. The van der Waals surface area contributed by atoms with Crippen LogP contribution in [0.2, 0.25) is 0 Å². The lowest BCUT2D eigenvalue weighted by Crippen LogP contribution is -2.50. The van der Waals surface area contributed by atoms with Crippen molar-refractivity contribution >= 4 is 11.7 Å². The summed E-state index contributed by atoms with van der Waals surface area (Å²) >= 11 is 0. The van der Waals surface area contributed by atoms with Crippen molar-refractivity contribution in [2.45, 2.75) is 39.0 Å². The van der Waals surface area contributed by atoms with E-state index < -0.39 is 0 Å². The van der Waals surface area contributed by atoms with Crippen LogP contribution >= 0.6 is 0 Å². The fraction of sp³-hybridized carbons (Fsp3) is 0.393. The molecule has 170 valence electrons. The number of hydrogen-bond donors (Lipinski definition) is 0. The maximum Gasteiger partial charge on any atom is 0.226 e. The van der Waals surface area contributed by atoms with E-state index in [0.717, 1.165) is 55.5 Å². The van der Waals surface area contributed by atoms with Crippen LogP contribution in [0, 0.1) is 12.8 Å². The minimum absolute atomic E-state index is 0.149. The van der Waals surface area contributed by atoms with Crippen LogP contribution in [0.15, 0.2) is 60.7 Å². The van der Waals surface area contributed by atoms with Gasteiger partial charge in [0.15, 0.2) is 5.82 Å². The summed E-state index contributed by atoms with van der Waals surface area (Å²) in [7, 11) is 0. The molecule has 2 unspecified atom stereocenters. The van der Waals surface area contributed by atoms with Crippen molar-refractivity contribution in [2.75, 3.05) is 31.1 Å². The Balaban J connectivity index is 1.31. The summed E-state index contributed by atoms with van der Waals surface area (Å²) in [5.74, 6) is 2.99. The number of anilines is 1. The zero-order valence-electron chi connectivity index (χ0n) is 19.7. The molecule has 5 rings (SSSR count). The van der Waals surface area contributed by atoms with Crippen LogP contribution in [0.3, 0.4) is 0 Å². The van der Waals surface area contributed by atoms with E-state index in [1.807, 2.05) is 24.3 Å². The third-order valence-electron chi connectivity index (χ3n) is 6.95. The molecule has 5 nitrogen and oxygen atoms in total. The molecule has 5 heteroatoms. The first-order chi connectivity index (χ1) is 16.0. The largest absolute Gasteiger partial charge is 0.353 e. The van der Waals surface area contributed by atoms with Gasteiger partial charge in [0, 0.05) is 48.9 Å². The quantitative estimate of drug-likeness (QED) is 0.558. The third kappa shape index (κ3) is 4.37. The molecule has 2 atom stereocenters. The van der Waals surface area contributed by atoms with E-state index >= 15 is 0 Å². The van der Waals surface area contributed by atoms with Crippen molar-refractivity contribution in [3.8, 4) is 11.4 Å². The average molecular weight is 441 g/mol. The Labute approximate surface area is 196 Å². The third-order valence-corrected chi connectivity index (χ3v) is 6.95. The van der Waals surface area contributed by atoms with E-state index in [9.17, 15) is 4.79 Å². The van der Waals surface area contributed by atoms with Gasteiger partial charge in [-0.3, -0.25) is 4.79 Å². The first kappa shape index (κ1) is 21.6. The highest BCUT2D eigenvalue weighted by atomic mass is 16.2. The van der Waals surface area contributed by atoms with Gasteiger partial charge in [-0.15, -0.1) is 0 Å². The highest BCUT2D eigenvalue weighted by Crippen LogP contribution is 2.48. The summed E-state index contributed by atoms with van der Waals surface area (Å²) in [6.45, 7) is 9.60. The monoisotopic (exact) mass is 440 g/mol. The van der Waals surface area contributed by atoms with Crippen LogP contribution in [0.4, 0.5) is 5.82 Å². The summed E-state index contributed by atoms with van der Waals surface area (Å²) in [5.41, 5.74) is 4.57. The van der Waals surface area contributed by atoms with Gasteiger partial charge in [0.2, 0.25) is 5.91 Å². The first-order valence-corrected chi connectivity index (χ1v) is 12.1. The standard InChI is InChI=1S/C28H32N4O/c1-19(2)25-20(3)29-26(22-12-8-5-9-13-22)30-27(25)31-14-16-32(17-15-31)28(33)24-18-23(24)21-10-6-4-7-11-21/h4-13,19,23-24H,14-18H2,1-3H3. The van der Waals surface area contributed by atoms with Crippen LogP contribution < -0.4 is 4.90 Å².